The highest BCUT2D eigenvalue weighted by Gasteiger charge is 2.31. The number of rotatable bonds is 5. The van der Waals surface area contributed by atoms with Crippen molar-refractivity contribution in [1.82, 2.24) is 5.32 Å². The lowest BCUT2D eigenvalue weighted by atomic mass is 9.72. The zero-order valence-corrected chi connectivity index (χ0v) is 14.2. The third-order valence-corrected chi connectivity index (χ3v) is 5.40. The minimum Gasteiger partial charge on any atom is -0.310 e. The van der Waals surface area contributed by atoms with Crippen LogP contribution in [0.2, 0.25) is 0 Å². The predicted molar refractivity (Wildman–Crippen MR) is 90.3 cm³/mol. The number of thioether (sulfide) groups is 1. The maximum atomic E-state index is 3.77. The number of hydrogen-bond acceptors (Lipinski definition) is 2. The van der Waals surface area contributed by atoms with Crippen LogP contribution in [0.4, 0.5) is 0 Å². The van der Waals surface area contributed by atoms with E-state index >= 15 is 0 Å². The fourth-order valence-corrected chi connectivity index (χ4v) is 4.60. The van der Waals surface area contributed by atoms with E-state index in [4.69, 9.17) is 0 Å². The normalized spacial score (nSPS) is 28.3. The van der Waals surface area contributed by atoms with Gasteiger partial charge in [-0.2, -0.15) is 0 Å². The molecule has 0 aliphatic heterocycles. The van der Waals surface area contributed by atoms with Crippen LogP contribution in [0, 0.1) is 17.8 Å². The van der Waals surface area contributed by atoms with Gasteiger partial charge >= 0.3 is 0 Å². The Morgan fingerprint density at radius 2 is 1.80 bits per heavy atom. The molecule has 1 nitrogen and oxygen atoms in total. The molecule has 1 aromatic carbocycles. The molecular weight excluding hydrogens is 262 g/mol. The van der Waals surface area contributed by atoms with Crippen LogP contribution < -0.4 is 5.32 Å². The summed E-state index contributed by atoms with van der Waals surface area (Å²) in [5.74, 6) is 2.51. The summed E-state index contributed by atoms with van der Waals surface area (Å²) in [6.45, 7) is 8.12. The maximum absolute atomic E-state index is 3.77. The number of hydrogen-bond donors (Lipinski definition) is 1. The first kappa shape index (κ1) is 15.9. The fourth-order valence-electron chi connectivity index (χ4n) is 3.96. The lowest BCUT2D eigenvalue weighted by molar-refractivity contribution is 0.176. The van der Waals surface area contributed by atoms with E-state index in [1.807, 2.05) is 11.8 Å². The van der Waals surface area contributed by atoms with Crippen molar-refractivity contribution in [3.05, 3.63) is 29.8 Å². The van der Waals surface area contributed by atoms with Gasteiger partial charge in [0.2, 0.25) is 0 Å². The monoisotopic (exact) mass is 291 g/mol. The van der Waals surface area contributed by atoms with Crippen molar-refractivity contribution in [3.63, 3.8) is 0 Å². The smallest absolute Gasteiger partial charge is 0.0359 e. The average Bonchev–Trinajstić information content (AvgIpc) is 2.43. The van der Waals surface area contributed by atoms with Crippen LogP contribution in [-0.2, 0) is 0 Å². The van der Waals surface area contributed by atoms with Crippen LogP contribution in [0.5, 0.6) is 0 Å². The van der Waals surface area contributed by atoms with Gasteiger partial charge < -0.3 is 5.32 Å². The number of benzene rings is 1. The van der Waals surface area contributed by atoms with Crippen molar-refractivity contribution >= 4 is 11.8 Å². The molecule has 1 N–H and O–H groups in total. The molecule has 2 rings (SSSR count). The van der Waals surface area contributed by atoms with Gasteiger partial charge in [0, 0.05) is 10.9 Å². The molecule has 1 aromatic rings. The van der Waals surface area contributed by atoms with Gasteiger partial charge in [0.05, 0.1) is 0 Å². The molecule has 0 spiro atoms. The largest absolute Gasteiger partial charge is 0.310 e. The first-order valence-electron chi connectivity index (χ1n) is 8.02. The Hall–Kier alpha value is -0.470. The van der Waals surface area contributed by atoms with E-state index in [0.717, 1.165) is 24.3 Å². The van der Waals surface area contributed by atoms with Crippen molar-refractivity contribution in [2.24, 2.45) is 17.8 Å². The zero-order chi connectivity index (χ0) is 14.5. The molecule has 0 saturated heterocycles. The first-order chi connectivity index (χ1) is 9.65. The fraction of sp³-hybridized carbons (Fsp3) is 0.667. The molecule has 1 aliphatic rings. The van der Waals surface area contributed by atoms with E-state index in [9.17, 15) is 0 Å². The molecule has 0 radical (unpaired) electrons. The summed E-state index contributed by atoms with van der Waals surface area (Å²) in [6.07, 6.45) is 6.32. The minimum atomic E-state index is 0.522. The van der Waals surface area contributed by atoms with Gasteiger partial charge in [-0.25, -0.2) is 0 Å². The third-order valence-electron chi connectivity index (χ3n) is 4.58. The molecule has 1 aliphatic carbocycles. The predicted octanol–water partition coefficient (Wildman–Crippen LogP) is 5.13. The van der Waals surface area contributed by atoms with Crippen LogP contribution in [0.15, 0.2) is 29.2 Å². The van der Waals surface area contributed by atoms with Crippen molar-refractivity contribution in [3.8, 4) is 0 Å². The molecule has 0 bridgehead atoms. The zero-order valence-electron chi connectivity index (χ0n) is 13.4. The molecule has 112 valence electrons. The molecule has 0 heterocycles. The van der Waals surface area contributed by atoms with Crippen LogP contribution >= 0.6 is 11.8 Å². The standard InChI is InChI=1S/C18H29NS/c1-5-19-18(15-11-13(2)10-14(3)12-15)16-8-6-7-9-17(16)20-4/h6-9,13-15,18-19H,5,10-12H2,1-4H3. The summed E-state index contributed by atoms with van der Waals surface area (Å²) in [5, 5.41) is 3.77. The molecule has 3 atom stereocenters. The molecular formula is C18H29NS. The van der Waals surface area contributed by atoms with Crippen molar-refractivity contribution in [2.75, 3.05) is 12.8 Å². The quantitative estimate of drug-likeness (QED) is 0.755. The summed E-state index contributed by atoms with van der Waals surface area (Å²) in [7, 11) is 0. The minimum absolute atomic E-state index is 0.522. The van der Waals surface area contributed by atoms with E-state index in [0.29, 0.717) is 6.04 Å². The third kappa shape index (κ3) is 3.79. The van der Waals surface area contributed by atoms with Crippen molar-refractivity contribution in [2.45, 2.75) is 51.0 Å². The lowest BCUT2D eigenvalue weighted by Gasteiger charge is -2.37. The SMILES string of the molecule is CCNC(c1ccccc1SC)C1CC(C)CC(C)C1. The molecule has 0 amide bonds. The van der Waals surface area contributed by atoms with E-state index in [2.05, 4.69) is 56.6 Å². The molecule has 0 aromatic heterocycles. The maximum Gasteiger partial charge on any atom is 0.0359 e. The summed E-state index contributed by atoms with van der Waals surface area (Å²) < 4.78 is 0. The van der Waals surface area contributed by atoms with Gasteiger partial charge in [0.25, 0.3) is 0 Å². The Bertz CT molecular complexity index is 408. The molecule has 3 unspecified atom stereocenters. The Morgan fingerprint density at radius 3 is 2.40 bits per heavy atom. The highest BCUT2D eigenvalue weighted by molar-refractivity contribution is 7.98. The molecule has 20 heavy (non-hydrogen) atoms. The number of nitrogens with one attached hydrogen (secondary N) is 1. The first-order valence-corrected chi connectivity index (χ1v) is 9.24. The second-order valence-corrected chi connectivity index (χ2v) is 7.30. The second-order valence-electron chi connectivity index (χ2n) is 6.45. The van der Waals surface area contributed by atoms with Gasteiger partial charge in [-0.15, -0.1) is 11.8 Å². The molecule has 1 saturated carbocycles. The molecule has 2 heteroatoms. The van der Waals surface area contributed by atoms with Crippen LogP contribution in [-0.4, -0.2) is 12.8 Å². The van der Waals surface area contributed by atoms with Crippen molar-refractivity contribution in [1.29, 1.82) is 0 Å². The van der Waals surface area contributed by atoms with E-state index in [-0.39, 0.29) is 0 Å². The molecule has 1 fully saturated rings. The summed E-state index contributed by atoms with van der Waals surface area (Å²) in [6, 6.07) is 9.46. The Morgan fingerprint density at radius 1 is 1.15 bits per heavy atom. The Labute approximate surface area is 128 Å². The van der Waals surface area contributed by atoms with Crippen LogP contribution in [0.25, 0.3) is 0 Å². The van der Waals surface area contributed by atoms with Crippen molar-refractivity contribution < 1.29 is 0 Å². The van der Waals surface area contributed by atoms with Gasteiger partial charge in [-0.05, 0) is 61.4 Å². The highest BCUT2D eigenvalue weighted by atomic mass is 32.2. The van der Waals surface area contributed by atoms with Gasteiger partial charge in [-0.1, -0.05) is 39.0 Å². The summed E-state index contributed by atoms with van der Waals surface area (Å²) in [4.78, 5) is 1.43. The average molecular weight is 292 g/mol. The van der Waals surface area contributed by atoms with Crippen LogP contribution in [0.1, 0.15) is 51.6 Å². The van der Waals surface area contributed by atoms with E-state index in [1.54, 1.807) is 0 Å². The van der Waals surface area contributed by atoms with Gasteiger partial charge in [0.1, 0.15) is 0 Å². The lowest BCUT2D eigenvalue weighted by Crippen LogP contribution is -2.33. The van der Waals surface area contributed by atoms with Gasteiger partial charge in [0.15, 0.2) is 0 Å². The summed E-state index contributed by atoms with van der Waals surface area (Å²) >= 11 is 1.88. The highest BCUT2D eigenvalue weighted by Crippen LogP contribution is 2.41. The topological polar surface area (TPSA) is 12.0 Å². The Balaban J connectivity index is 2.25. The van der Waals surface area contributed by atoms with Gasteiger partial charge in [-0.3, -0.25) is 0 Å². The van der Waals surface area contributed by atoms with Crippen LogP contribution in [0.3, 0.4) is 0 Å². The van der Waals surface area contributed by atoms with E-state index in [1.165, 1.54) is 29.7 Å². The summed E-state index contributed by atoms with van der Waals surface area (Å²) in [5.41, 5.74) is 1.51. The van der Waals surface area contributed by atoms with E-state index < -0.39 is 0 Å². The second kappa shape index (κ2) is 7.51. The Kier molecular flexibility index (Phi) is 5.98.